The zero-order valence-electron chi connectivity index (χ0n) is 30.2. The first-order valence-corrected chi connectivity index (χ1v) is 17.3. The molecule has 3 heterocycles. The summed E-state index contributed by atoms with van der Waals surface area (Å²) in [4.78, 5) is 12.5. The number of benzene rings is 3. The predicted octanol–water partition coefficient (Wildman–Crippen LogP) is 0.137. The van der Waals surface area contributed by atoms with E-state index in [-0.39, 0.29) is 56.8 Å². The zero-order chi connectivity index (χ0) is 41.1. The number of esters is 1. The Morgan fingerprint density at radius 3 is 1.88 bits per heavy atom. The van der Waals surface area contributed by atoms with Crippen LogP contribution in [-0.2, 0) is 19.0 Å². The number of methoxy groups -OCH3 is 2. The highest BCUT2D eigenvalue weighted by molar-refractivity contribution is 5.89. The number of rotatable bonds is 12. The van der Waals surface area contributed by atoms with Gasteiger partial charge in [0.1, 0.15) is 78.1 Å². The van der Waals surface area contributed by atoms with E-state index in [9.17, 15) is 55.9 Å². The molecule has 3 aromatic carbocycles. The van der Waals surface area contributed by atoms with Crippen LogP contribution < -0.4 is 18.9 Å². The van der Waals surface area contributed by atoms with E-state index in [4.69, 9.17) is 37.6 Å². The molecule has 306 valence electrons. The molecule has 2 aliphatic heterocycles. The molecule has 0 radical (unpaired) electrons. The van der Waals surface area contributed by atoms with E-state index in [2.05, 4.69) is 0 Å². The summed E-state index contributed by atoms with van der Waals surface area (Å²) in [6, 6.07) is 12.2. The minimum atomic E-state index is -1.92. The molecule has 2 fully saturated rings. The van der Waals surface area contributed by atoms with Crippen LogP contribution in [-0.4, -0.2) is 146 Å². The van der Waals surface area contributed by atoms with Crippen LogP contribution in [0.2, 0.25) is 0 Å². The maximum atomic E-state index is 12.5. The SMILES string of the molecule is COc1cc(-c2[o+]c3cc(O)cc(O[C@@H]4O[C@H](CO)[C@@H](O)[C@H](O)[C@H]4O)c3cc2O[C@@H]2O[C@H](COC(=O)C=Cc3ccc(O)cc3)[C@@H](O)[C@H](O)[C@H]2O)cc(OC)c1O. The van der Waals surface area contributed by atoms with Crippen molar-refractivity contribution in [1.29, 1.82) is 0 Å². The van der Waals surface area contributed by atoms with E-state index in [0.717, 1.165) is 12.1 Å². The topological polar surface area (TPSA) is 295 Å². The fourth-order valence-electron chi connectivity index (χ4n) is 6.11. The molecule has 0 amide bonds. The molecule has 10 atom stereocenters. The van der Waals surface area contributed by atoms with Crippen molar-refractivity contribution >= 4 is 23.0 Å². The number of fused-ring (bicyclic) bond motifs is 1. The Hall–Kier alpha value is -5.48. The minimum absolute atomic E-state index is 0.0120. The van der Waals surface area contributed by atoms with Crippen molar-refractivity contribution < 1.29 is 93.4 Å². The van der Waals surface area contributed by atoms with Gasteiger partial charge in [-0.3, -0.25) is 0 Å². The van der Waals surface area contributed by atoms with Gasteiger partial charge in [0, 0.05) is 30.3 Å². The van der Waals surface area contributed by atoms with Gasteiger partial charge in [0.15, 0.2) is 11.5 Å². The number of ether oxygens (including phenoxy) is 7. The molecule has 0 unspecified atom stereocenters. The van der Waals surface area contributed by atoms with E-state index < -0.39 is 86.3 Å². The largest absolute Gasteiger partial charge is 0.508 e. The summed E-state index contributed by atoms with van der Waals surface area (Å²) >= 11 is 0. The quantitative estimate of drug-likeness (QED) is 0.0518. The summed E-state index contributed by atoms with van der Waals surface area (Å²) in [5, 5.41) is 104. The molecule has 0 bridgehead atoms. The number of aromatic hydroxyl groups is 3. The Kier molecular flexibility index (Phi) is 12.5. The van der Waals surface area contributed by atoms with Crippen LogP contribution in [0.5, 0.6) is 40.2 Å². The van der Waals surface area contributed by atoms with Gasteiger partial charge in [0.25, 0.3) is 0 Å². The Bertz CT molecular complexity index is 2040. The number of phenolic OH excluding ortho intramolecular Hbond substituents is 3. The lowest BCUT2D eigenvalue weighted by atomic mass is 9.99. The minimum Gasteiger partial charge on any atom is -0.508 e. The fourth-order valence-corrected chi connectivity index (χ4v) is 6.11. The number of aliphatic hydroxyl groups excluding tert-OH is 7. The van der Waals surface area contributed by atoms with Gasteiger partial charge in [-0.05, 0) is 23.8 Å². The van der Waals surface area contributed by atoms with Crippen LogP contribution in [0.3, 0.4) is 0 Å². The molecule has 57 heavy (non-hydrogen) atoms. The molecule has 0 aliphatic carbocycles. The average Bonchev–Trinajstić information content (AvgIpc) is 3.20. The second kappa shape index (κ2) is 17.3. The molecule has 2 saturated heterocycles. The van der Waals surface area contributed by atoms with Crippen LogP contribution in [0.25, 0.3) is 28.4 Å². The first-order chi connectivity index (χ1) is 27.2. The summed E-state index contributed by atoms with van der Waals surface area (Å²) in [5.41, 5.74) is 0.617. The molecule has 10 N–H and O–H groups in total. The molecule has 19 nitrogen and oxygen atoms in total. The van der Waals surface area contributed by atoms with Gasteiger partial charge in [-0.1, -0.05) is 12.1 Å². The van der Waals surface area contributed by atoms with E-state index in [1.807, 2.05) is 0 Å². The van der Waals surface area contributed by atoms with Gasteiger partial charge in [-0.15, -0.1) is 0 Å². The second-order valence-electron chi connectivity index (χ2n) is 13.0. The third kappa shape index (κ3) is 8.76. The van der Waals surface area contributed by atoms with Gasteiger partial charge in [0.05, 0.1) is 32.5 Å². The lowest BCUT2D eigenvalue weighted by Crippen LogP contribution is -2.60. The molecular formula is C38H41O19+. The first-order valence-electron chi connectivity index (χ1n) is 17.3. The molecule has 4 aromatic rings. The van der Waals surface area contributed by atoms with E-state index in [1.165, 1.54) is 56.7 Å². The summed E-state index contributed by atoms with van der Waals surface area (Å²) < 4.78 is 45.3. The summed E-state index contributed by atoms with van der Waals surface area (Å²) in [7, 11) is 2.56. The lowest BCUT2D eigenvalue weighted by Gasteiger charge is -2.39. The average molecular weight is 802 g/mol. The smallest absolute Gasteiger partial charge is 0.402 e. The molecule has 0 spiro atoms. The lowest BCUT2D eigenvalue weighted by molar-refractivity contribution is -0.278. The van der Waals surface area contributed by atoms with Gasteiger partial charge >= 0.3 is 17.3 Å². The summed E-state index contributed by atoms with van der Waals surface area (Å²) in [6.07, 6.45) is -14.7. The second-order valence-corrected chi connectivity index (χ2v) is 13.0. The summed E-state index contributed by atoms with van der Waals surface area (Å²) in [5.74, 6) is -2.39. The van der Waals surface area contributed by atoms with Crippen molar-refractivity contribution in [2.75, 3.05) is 27.4 Å². The van der Waals surface area contributed by atoms with E-state index in [1.54, 1.807) is 12.1 Å². The Morgan fingerprint density at radius 2 is 1.28 bits per heavy atom. The third-order valence-corrected chi connectivity index (χ3v) is 9.24. The van der Waals surface area contributed by atoms with Crippen molar-refractivity contribution in [3.05, 3.63) is 66.2 Å². The predicted molar refractivity (Wildman–Crippen MR) is 192 cm³/mol. The highest BCUT2D eigenvalue weighted by Crippen LogP contribution is 2.46. The zero-order valence-corrected chi connectivity index (χ0v) is 30.2. The maximum absolute atomic E-state index is 12.5. The van der Waals surface area contributed by atoms with Crippen LogP contribution in [0.1, 0.15) is 5.56 Å². The van der Waals surface area contributed by atoms with Crippen molar-refractivity contribution in [1.82, 2.24) is 0 Å². The molecule has 6 rings (SSSR count). The highest BCUT2D eigenvalue weighted by Gasteiger charge is 2.47. The first kappa shape index (κ1) is 41.2. The van der Waals surface area contributed by atoms with Gasteiger partial charge < -0.3 is 84.2 Å². The number of carbonyl (C=O) groups is 1. The molecule has 2 aliphatic rings. The monoisotopic (exact) mass is 801 g/mol. The Morgan fingerprint density at radius 1 is 0.702 bits per heavy atom. The highest BCUT2D eigenvalue weighted by atomic mass is 16.7. The van der Waals surface area contributed by atoms with Gasteiger partial charge in [-0.2, -0.15) is 0 Å². The number of hydrogen-bond acceptors (Lipinski definition) is 18. The third-order valence-electron chi connectivity index (χ3n) is 9.24. The number of phenols is 3. The van der Waals surface area contributed by atoms with Crippen molar-refractivity contribution in [3.8, 4) is 51.6 Å². The molecule has 0 saturated carbocycles. The van der Waals surface area contributed by atoms with E-state index >= 15 is 0 Å². The number of hydrogen-bond donors (Lipinski definition) is 10. The number of carbonyl (C=O) groups excluding carboxylic acids is 1. The van der Waals surface area contributed by atoms with Crippen LogP contribution >= 0.6 is 0 Å². The van der Waals surface area contributed by atoms with Gasteiger partial charge in [-0.25, -0.2) is 9.21 Å². The summed E-state index contributed by atoms with van der Waals surface area (Å²) in [6.45, 7) is -1.36. The van der Waals surface area contributed by atoms with Crippen LogP contribution in [0.15, 0.2) is 65.1 Å². The normalized spacial score (nSPS) is 27.6. The van der Waals surface area contributed by atoms with Gasteiger partial charge in [0.2, 0.25) is 24.1 Å². The molecule has 1 aromatic heterocycles. The Balaban J connectivity index is 1.36. The van der Waals surface area contributed by atoms with Crippen LogP contribution in [0, 0.1) is 0 Å². The standard InChI is InChI=1S/C38H40O19/c1-50-23-9-17(10-24(51-2)29(23)43)36-25(13-20-21(53-36)11-19(41)12-22(20)54-37-34(48)32(46)30(44)26(14-39)56-37)55-38-35(49)33(47)31(45)27(57-38)15-52-28(42)8-5-16-3-6-18(40)7-4-16/h3-13,26-27,30-35,37-39,44-49H,14-15H2,1-2H3,(H2-,40,41,42,43)/p+1/t26-,27-,30-,31-,32+,33+,34-,35-,37-,38-/m1/s1. The van der Waals surface area contributed by atoms with E-state index in [0.29, 0.717) is 5.56 Å². The fraction of sp³-hybridized carbons (Fsp3) is 0.368. The van der Waals surface area contributed by atoms with Crippen LogP contribution in [0.4, 0.5) is 0 Å². The Labute approximate surface area is 322 Å². The van der Waals surface area contributed by atoms with Crippen molar-refractivity contribution in [2.45, 2.75) is 61.4 Å². The maximum Gasteiger partial charge on any atom is 0.402 e. The molecular weight excluding hydrogens is 760 g/mol. The molecule has 19 heteroatoms. The number of aliphatic hydroxyl groups is 7. The van der Waals surface area contributed by atoms with Crippen molar-refractivity contribution in [3.63, 3.8) is 0 Å². The van der Waals surface area contributed by atoms with Crippen molar-refractivity contribution in [2.24, 2.45) is 0 Å².